The zero-order valence-corrected chi connectivity index (χ0v) is 16.3. The Kier molecular flexibility index (Phi) is 7.01. The molecule has 0 heterocycles. The van der Waals surface area contributed by atoms with Gasteiger partial charge in [-0.3, -0.25) is 14.9 Å². The standard InChI is InChI=1S/C18H24ClN3O5/c1-10(2)20-17(23)11-5-4-6-12(7-11)21-15-9-14(19)13(18(24)27-3)8-16(15)22(25)26/h8-12,21H,4-7H2,1-3H3,(H,20,23). The summed E-state index contributed by atoms with van der Waals surface area (Å²) in [5, 5.41) is 17.6. The highest BCUT2D eigenvalue weighted by molar-refractivity contribution is 6.34. The molecule has 0 aliphatic heterocycles. The van der Waals surface area contributed by atoms with Gasteiger partial charge in [0.2, 0.25) is 5.91 Å². The predicted octanol–water partition coefficient (Wildman–Crippen LogP) is 3.53. The number of halogens is 1. The molecule has 8 nitrogen and oxygen atoms in total. The lowest BCUT2D eigenvalue weighted by molar-refractivity contribution is -0.384. The van der Waals surface area contributed by atoms with Crippen LogP contribution in [0.1, 0.15) is 49.9 Å². The van der Waals surface area contributed by atoms with Gasteiger partial charge < -0.3 is 15.4 Å². The van der Waals surface area contributed by atoms with Crippen LogP contribution in [0.5, 0.6) is 0 Å². The maximum Gasteiger partial charge on any atom is 0.339 e. The first-order valence-corrected chi connectivity index (χ1v) is 9.23. The number of amides is 1. The Morgan fingerprint density at radius 3 is 2.63 bits per heavy atom. The number of nitro benzene ring substituents is 1. The van der Waals surface area contributed by atoms with Gasteiger partial charge in [-0.25, -0.2) is 4.79 Å². The number of benzene rings is 1. The van der Waals surface area contributed by atoms with E-state index in [0.717, 1.165) is 25.3 Å². The van der Waals surface area contributed by atoms with Crippen LogP contribution < -0.4 is 10.6 Å². The molecule has 0 saturated heterocycles. The largest absolute Gasteiger partial charge is 0.465 e. The molecule has 1 aromatic rings. The van der Waals surface area contributed by atoms with Crippen molar-refractivity contribution in [1.82, 2.24) is 5.32 Å². The van der Waals surface area contributed by atoms with E-state index in [1.54, 1.807) is 0 Å². The van der Waals surface area contributed by atoms with E-state index in [9.17, 15) is 19.7 Å². The first kappa shape index (κ1) is 21.0. The van der Waals surface area contributed by atoms with E-state index in [2.05, 4.69) is 15.4 Å². The maximum atomic E-state index is 12.3. The van der Waals surface area contributed by atoms with Gasteiger partial charge in [0.1, 0.15) is 5.69 Å². The normalized spacial score (nSPS) is 19.4. The molecule has 1 fully saturated rings. The number of nitro groups is 1. The molecule has 1 saturated carbocycles. The van der Waals surface area contributed by atoms with E-state index in [4.69, 9.17) is 11.6 Å². The fourth-order valence-corrected chi connectivity index (χ4v) is 3.52. The highest BCUT2D eigenvalue weighted by Crippen LogP contribution is 2.34. The van der Waals surface area contributed by atoms with Crippen molar-refractivity contribution in [3.8, 4) is 0 Å². The summed E-state index contributed by atoms with van der Waals surface area (Å²) in [5.74, 6) is -0.870. The predicted molar refractivity (Wildman–Crippen MR) is 102 cm³/mol. The monoisotopic (exact) mass is 397 g/mol. The Balaban J connectivity index is 2.20. The van der Waals surface area contributed by atoms with Gasteiger partial charge in [-0.05, 0) is 39.2 Å². The Morgan fingerprint density at radius 2 is 2.04 bits per heavy atom. The molecular formula is C18H24ClN3O5. The highest BCUT2D eigenvalue weighted by atomic mass is 35.5. The average molecular weight is 398 g/mol. The van der Waals surface area contributed by atoms with E-state index < -0.39 is 10.9 Å². The summed E-state index contributed by atoms with van der Waals surface area (Å²) < 4.78 is 4.60. The highest BCUT2D eigenvalue weighted by Gasteiger charge is 2.29. The minimum absolute atomic E-state index is 0.00470. The van der Waals surface area contributed by atoms with Crippen LogP contribution in [-0.2, 0) is 9.53 Å². The van der Waals surface area contributed by atoms with Crippen molar-refractivity contribution in [3.05, 3.63) is 32.8 Å². The SMILES string of the molecule is COC(=O)c1cc([N+](=O)[O-])c(NC2CCCC(C(=O)NC(C)C)C2)cc1Cl. The van der Waals surface area contributed by atoms with Crippen LogP contribution in [-0.4, -0.2) is 36.0 Å². The molecule has 148 valence electrons. The number of nitrogens with zero attached hydrogens (tertiary/aromatic N) is 1. The van der Waals surface area contributed by atoms with E-state index in [-0.39, 0.29) is 45.9 Å². The van der Waals surface area contributed by atoms with Crippen LogP contribution in [0, 0.1) is 16.0 Å². The van der Waals surface area contributed by atoms with Crippen LogP contribution in [0.2, 0.25) is 5.02 Å². The molecule has 0 radical (unpaired) electrons. The molecule has 9 heteroatoms. The second-order valence-electron chi connectivity index (χ2n) is 6.97. The van der Waals surface area contributed by atoms with Crippen LogP contribution in [0.4, 0.5) is 11.4 Å². The van der Waals surface area contributed by atoms with Crippen LogP contribution in [0.25, 0.3) is 0 Å². The summed E-state index contributed by atoms with van der Waals surface area (Å²) in [6.07, 6.45) is 3.00. The number of esters is 1. The van der Waals surface area contributed by atoms with Gasteiger partial charge in [0, 0.05) is 24.1 Å². The molecule has 0 bridgehead atoms. The van der Waals surface area contributed by atoms with Crippen LogP contribution in [0.3, 0.4) is 0 Å². The topological polar surface area (TPSA) is 111 Å². The number of anilines is 1. The van der Waals surface area contributed by atoms with Crippen molar-refractivity contribution in [1.29, 1.82) is 0 Å². The Labute approximate surface area is 162 Å². The summed E-state index contributed by atoms with van der Waals surface area (Å²) >= 11 is 6.11. The molecule has 2 unspecified atom stereocenters. The molecule has 1 amide bonds. The minimum atomic E-state index is -0.738. The van der Waals surface area contributed by atoms with E-state index >= 15 is 0 Å². The van der Waals surface area contributed by atoms with Crippen molar-refractivity contribution in [2.24, 2.45) is 5.92 Å². The Morgan fingerprint density at radius 1 is 1.33 bits per heavy atom. The average Bonchev–Trinajstić information content (AvgIpc) is 2.60. The summed E-state index contributed by atoms with van der Waals surface area (Å²) in [6, 6.07) is 2.45. The van der Waals surface area contributed by atoms with Gasteiger partial charge in [0.15, 0.2) is 0 Å². The molecular weight excluding hydrogens is 374 g/mol. The number of methoxy groups -OCH3 is 1. The van der Waals surface area contributed by atoms with Gasteiger partial charge in [0.05, 0.1) is 22.6 Å². The van der Waals surface area contributed by atoms with Crippen molar-refractivity contribution >= 4 is 34.9 Å². The van der Waals surface area contributed by atoms with E-state index in [0.29, 0.717) is 6.42 Å². The second-order valence-corrected chi connectivity index (χ2v) is 7.37. The number of hydrogen-bond donors (Lipinski definition) is 2. The fraction of sp³-hybridized carbons (Fsp3) is 0.556. The summed E-state index contributed by atoms with van der Waals surface area (Å²) in [7, 11) is 1.18. The third-order valence-corrected chi connectivity index (χ3v) is 4.84. The van der Waals surface area contributed by atoms with Crippen LogP contribution in [0.15, 0.2) is 12.1 Å². The quantitative estimate of drug-likeness (QED) is 0.431. The second kappa shape index (κ2) is 9.03. The first-order chi connectivity index (χ1) is 12.7. The zero-order valence-electron chi connectivity index (χ0n) is 15.6. The van der Waals surface area contributed by atoms with E-state index in [1.165, 1.54) is 13.2 Å². The molecule has 2 N–H and O–H groups in total. The van der Waals surface area contributed by atoms with Gasteiger partial charge in [-0.1, -0.05) is 18.0 Å². The van der Waals surface area contributed by atoms with Gasteiger partial charge >= 0.3 is 5.97 Å². The van der Waals surface area contributed by atoms with Gasteiger partial charge in [-0.15, -0.1) is 0 Å². The lowest BCUT2D eigenvalue weighted by atomic mass is 9.85. The number of nitrogens with one attached hydrogen (secondary N) is 2. The number of carbonyl (C=O) groups is 2. The summed E-state index contributed by atoms with van der Waals surface area (Å²) in [4.78, 5) is 34.9. The number of hydrogen-bond acceptors (Lipinski definition) is 6. The first-order valence-electron chi connectivity index (χ1n) is 8.86. The zero-order chi connectivity index (χ0) is 20.1. The van der Waals surface area contributed by atoms with Crippen molar-refractivity contribution in [2.45, 2.75) is 51.6 Å². The van der Waals surface area contributed by atoms with Crippen LogP contribution >= 0.6 is 11.6 Å². The molecule has 2 atom stereocenters. The summed E-state index contributed by atoms with van der Waals surface area (Å²) in [5.41, 5.74) is -0.0876. The number of ether oxygens (including phenoxy) is 1. The van der Waals surface area contributed by atoms with E-state index in [1.807, 2.05) is 13.8 Å². The lowest BCUT2D eigenvalue weighted by Crippen LogP contribution is -2.40. The van der Waals surface area contributed by atoms with Crippen molar-refractivity contribution < 1.29 is 19.2 Å². The molecule has 0 spiro atoms. The van der Waals surface area contributed by atoms with Gasteiger partial charge in [0.25, 0.3) is 5.69 Å². The Hall–Kier alpha value is -2.35. The molecule has 27 heavy (non-hydrogen) atoms. The molecule has 0 aromatic heterocycles. The lowest BCUT2D eigenvalue weighted by Gasteiger charge is -2.30. The van der Waals surface area contributed by atoms with Crippen molar-refractivity contribution in [2.75, 3.05) is 12.4 Å². The number of rotatable bonds is 6. The maximum absolute atomic E-state index is 12.3. The molecule has 1 aromatic carbocycles. The minimum Gasteiger partial charge on any atom is -0.465 e. The van der Waals surface area contributed by atoms with Crippen molar-refractivity contribution in [3.63, 3.8) is 0 Å². The smallest absolute Gasteiger partial charge is 0.339 e. The fourth-order valence-electron chi connectivity index (χ4n) is 3.28. The molecule has 2 rings (SSSR count). The summed E-state index contributed by atoms with van der Waals surface area (Å²) in [6.45, 7) is 3.81. The third-order valence-electron chi connectivity index (χ3n) is 4.52. The molecule has 1 aliphatic carbocycles. The Bertz CT molecular complexity index is 738. The number of carbonyl (C=O) groups excluding carboxylic acids is 2. The van der Waals surface area contributed by atoms with Gasteiger partial charge in [-0.2, -0.15) is 0 Å². The third kappa shape index (κ3) is 5.32. The molecule has 1 aliphatic rings.